The summed E-state index contributed by atoms with van der Waals surface area (Å²) in [6.45, 7) is 0. The maximum atomic E-state index is 13.5. The van der Waals surface area contributed by atoms with Crippen molar-refractivity contribution in [1.29, 1.82) is 0 Å². The summed E-state index contributed by atoms with van der Waals surface area (Å²) in [4.78, 5) is 40.3. The molecular formula is C24H14Cl4F4N4O4. The van der Waals surface area contributed by atoms with Crippen LogP contribution in [0.1, 0.15) is 27.4 Å². The van der Waals surface area contributed by atoms with Gasteiger partial charge in [-0.25, -0.2) is 14.2 Å². The standard InChI is InChI=1S/C24H14Cl4F4N4O4/c25-13-3-2-11(33-21(38)19-18(23(19,27)28)9-1-4-15(29)14(26)5-9)8-12(13)20(37)35-16-6-10(24(30,31)32)7-17(34-16)36-22(39)40/h1-8,18-19H,(H,33,38)(H,39,40)(H2,34,35,36,37). The normalized spacial score (nSPS) is 17.6. The van der Waals surface area contributed by atoms with Crippen molar-refractivity contribution in [2.45, 2.75) is 16.4 Å². The van der Waals surface area contributed by atoms with Crippen LogP contribution in [0.3, 0.4) is 0 Å². The molecule has 3 aromatic rings. The van der Waals surface area contributed by atoms with Gasteiger partial charge in [-0.1, -0.05) is 29.3 Å². The van der Waals surface area contributed by atoms with Crippen LogP contribution in [0.4, 0.5) is 39.7 Å². The molecule has 1 aliphatic rings. The molecule has 1 aromatic heterocycles. The number of halogens is 8. The molecule has 3 amide bonds. The molecule has 0 bridgehead atoms. The highest BCUT2D eigenvalue weighted by atomic mass is 35.5. The van der Waals surface area contributed by atoms with Gasteiger partial charge in [0.15, 0.2) is 0 Å². The Kier molecular flexibility index (Phi) is 8.10. The average Bonchev–Trinajstić information content (AvgIpc) is 3.42. The molecule has 1 aliphatic carbocycles. The molecule has 4 N–H and O–H groups in total. The Morgan fingerprint density at radius 3 is 2.15 bits per heavy atom. The van der Waals surface area contributed by atoms with Crippen molar-refractivity contribution in [3.8, 4) is 0 Å². The fourth-order valence-corrected chi connectivity index (χ4v) is 5.11. The Morgan fingerprint density at radius 1 is 0.900 bits per heavy atom. The Labute approximate surface area is 242 Å². The van der Waals surface area contributed by atoms with E-state index in [1.807, 2.05) is 0 Å². The van der Waals surface area contributed by atoms with Crippen molar-refractivity contribution < 1.29 is 37.1 Å². The first-order valence-electron chi connectivity index (χ1n) is 10.9. The molecule has 210 valence electrons. The number of nitrogens with one attached hydrogen (secondary N) is 3. The number of alkyl halides is 5. The van der Waals surface area contributed by atoms with Gasteiger partial charge in [-0.15, -0.1) is 23.2 Å². The van der Waals surface area contributed by atoms with Gasteiger partial charge >= 0.3 is 12.3 Å². The first kappa shape index (κ1) is 29.7. The molecule has 4 rings (SSSR count). The minimum Gasteiger partial charge on any atom is -0.465 e. The average molecular weight is 640 g/mol. The minimum atomic E-state index is -4.88. The highest BCUT2D eigenvalue weighted by Crippen LogP contribution is 2.65. The summed E-state index contributed by atoms with van der Waals surface area (Å²) in [7, 11) is 0. The molecule has 2 aromatic carbocycles. The lowest BCUT2D eigenvalue weighted by molar-refractivity contribution is -0.137. The van der Waals surface area contributed by atoms with Crippen molar-refractivity contribution in [2.75, 3.05) is 16.0 Å². The van der Waals surface area contributed by atoms with E-state index in [1.165, 1.54) is 24.3 Å². The zero-order chi connectivity index (χ0) is 29.6. The number of pyridine rings is 1. The summed E-state index contributed by atoms with van der Waals surface area (Å²) in [6.07, 6.45) is -6.55. The van der Waals surface area contributed by atoms with Crippen LogP contribution < -0.4 is 16.0 Å². The van der Waals surface area contributed by atoms with Gasteiger partial charge in [0.1, 0.15) is 21.8 Å². The molecule has 1 saturated carbocycles. The van der Waals surface area contributed by atoms with Gasteiger partial charge < -0.3 is 15.7 Å². The number of hydrogen-bond acceptors (Lipinski definition) is 4. The van der Waals surface area contributed by atoms with Gasteiger partial charge in [0.05, 0.1) is 27.1 Å². The van der Waals surface area contributed by atoms with E-state index in [0.29, 0.717) is 17.7 Å². The summed E-state index contributed by atoms with van der Waals surface area (Å²) in [6, 6.07) is 8.51. The highest BCUT2D eigenvalue weighted by molar-refractivity contribution is 6.53. The third-order valence-electron chi connectivity index (χ3n) is 5.75. The van der Waals surface area contributed by atoms with Crippen molar-refractivity contribution in [1.82, 2.24) is 4.98 Å². The molecule has 16 heteroatoms. The maximum absolute atomic E-state index is 13.5. The fourth-order valence-electron chi connectivity index (χ4n) is 3.89. The van der Waals surface area contributed by atoms with Crippen molar-refractivity contribution in [3.63, 3.8) is 0 Å². The number of hydrogen-bond donors (Lipinski definition) is 4. The van der Waals surface area contributed by atoms with Crippen LogP contribution in [0.25, 0.3) is 0 Å². The molecular weight excluding hydrogens is 626 g/mol. The second-order valence-electron chi connectivity index (χ2n) is 8.50. The van der Waals surface area contributed by atoms with Crippen LogP contribution in [-0.4, -0.2) is 32.3 Å². The molecule has 0 saturated heterocycles. The van der Waals surface area contributed by atoms with Gasteiger partial charge in [0.25, 0.3) is 5.91 Å². The van der Waals surface area contributed by atoms with Gasteiger partial charge in [-0.2, -0.15) is 13.2 Å². The van der Waals surface area contributed by atoms with Crippen LogP contribution in [-0.2, 0) is 11.0 Å². The smallest absolute Gasteiger partial charge is 0.416 e. The van der Waals surface area contributed by atoms with Crippen LogP contribution >= 0.6 is 46.4 Å². The number of anilines is 3. The van der Waals surface area contributed by atoms with E-state index in [0.717, 1.165) is 12.1 Å². The summed E-state index contributed by atoms with van der Waals surface area (Å²) in [5, 5.41) is 14.9. The van der Waals surface area contributed by atoms with Crippen LogP contribution in [0.5, 0.6) is 0 Å². The number of carbonyl (C=O) groups is 3. The lowest BCUT2D eigenvalue weighted by atomic mass is 10.1. The molecule has 40 heavy (non-hydrogen) atoms. The summed E-state index contributed by atoms with van der Waals surface area (Å²) >= 11 is 24.5. The Morgan fingerprint density at radius 2 is 1.55 bits per heavy atom. The van der Waals surface area contributed by atoms with E-state index < -0.39 is 63.3 Å². The predicted octanol–water partition coefficient (Wildman–Crippen LogP) is 7.41. The van der Waals surface area contributed by atoms with E-state index >= 15 is 0 Å². The fraction of sp³-hybridized carbons (Fsp3) is 0.167. The van der Waals surface area contributed by atoms with Gasteiger partial charge in [0, 0.05) is 11.6 Å². The van der Waals surface area contributed by atoms with Gasteiger partial charge in [0.2, 0.25) is 5.91 Å². The molecule has 1 heterocycles. The van der Waals surface area contributed by atoms with E-state index in [2.05, 4.69) is 15.6 Å². The molecule has 0 aliphatic heterocycles. The third kappa shape index (κ3) is 6.35. The second kappa shape index (κ2) is 10.9. The van der Waals surface area contributed by atoms with Crippen LogP contribution in [0.2, 0.25) is 10.0 Å². The molecule has 8 nitrogen and oxygen atoms in total. The summed E-state index contributed by atoms with van der Waals surface area (Å²) in [5.41, 5.74) is -1.04. The lowest BCUT2D eigenvalue weighted by Crippen LogP contribution is -2.19. The van der Waals surface area contributed by atoms with Gasteiger partial charge in [-0.3, -0.25) is 14.9 Å². The summed E-state index contributed by atoms with van der Waals surface area (Å²) in [5.74, 6) is -5.32. The summed E-state index contributed by atoms with van der Waals surface area (Å²) < 4.78 is 51.8. The molecule has 2 atom stereocenters. The predicted molar refractivity (Wildman–Crippen MR) is 141 cm³/mol. The zero-order valence-electron chi connectivity index (χ0n) is 19.4. The minimum absolute atomic E-state index is 0.0664. The van der Waals surface area contributed by atoms with Crippen molar-refractivity contribution in [2.24, 2.45) is 5.92 Å². The zero-order valence-corrected chi connectivity index (χ0v) is 22.4. The number of benzene rings is 2. The van der Waals surface area contributed by atoms with Crippen molar-refractivity contribution >= 4 is 81.6 Å². The number of rotatable bonds is 6. The monoisotopic (exact) mass is 638 g/mol. The Hall–Kier alpha value is -3.32. The van der Waals surface area contributed by atoms with Crippen molar-refractivity contribution in [3.05, 3.63) is 81.1 Å². The molecule has 0 spiro atoms. The number of aromatic nitrogens is 1. The number of amides is 3. The number of nitrogens with zero attached hydrogens (tertiary/aromatic N) is 1. The van der Waals surface area contributed by atoms with Crippen LogP contribution in [0, 0.1) is 11.7 Å². The molecule has 2 unspecified atom stereocenters. The highest BCUT2D eigenvalue weighted by Gasteiger charge is 2.67. The van der Waals surface area contributed by atoms with E-state index in [9.17, 15) is 31.9 Å². The van der Waals surface area contributed by atoms with Gasteiger partial charge in [-0.05, 0) is 48.0 Å². The topological polar surface area (TPSA) is 120 Å². The van der Waals surface area contributed by atoms with E-state index in [-0.39, 0.29) is 21.3 Å². The Balaban J connectivity index is 1.54. The number of carboxylic acid groups (broad SMARTS) is 1. The lowest BCUT2D eigenvalue weighted by Gasteiger charge is -2.13. The largest absolute Gasteiger partial charge is 0.465 e. The first-order valence-corrected chi connectivity index (χ1v) is 12.4. The second-order valence-corrected chi connectivity index (χ2v) is 10.8. The van der Waals surface area contributed by atoms with E-state index in [1.54, 1.807) is 5.32 Å². The molecule has 1 fully saturated rings. The van der Waals surface area contributed by atoms with Crippen LogP contribution in [0.15, 0.2) is 48.5 Å². The maximum Gasteiger partial charge on any atom is 0.416 e. The first-order chi connectivity index (χ1) is 18.6. The SMILES string of the molecule is O=C(O)Nc1cc(C(F)(F)F)cc(NC(=O)c2cc(NC(=O)C3C(c4ccc(F)c(Cl)c4)C3(Cl)Cl)ccc2Cl)n1. The van der Waals surface area contributed by atoms with E-state index in [4.69, 9.17) is 51.5 Å². The third-order valence-corrected chi connectivity index (χ3v) is 7.31. The Bertz CT molecular complexity index is 1540. The number of carbonyl (C=O) groups excluding carboxylic acids is 2. The molecule has 0 radical (unpaired) electrons. The quantitative estimate of drug-likeness (QED) is 0.165.